The van der Waals surface area contributed by atoms with E-state index in [0.717, 1.165) is 19.5 Å². The van der Waals surface area contributed by atoms with E-state index in [9.17, 15) is 0 Å². The fourth-order valence-corrected chi connectivity index (χ4v) is 1.31. The molecule has 0 aliphatic heterocycles. The van der Waals surface area contributed by atoms with Crippen molar-refractivity contribution >= 4 is 24.2 Å². The second-order valence-corrected chi connectivity index (χ2v) is 3.37. The zero-order valence-corrected chi connectivity index (χ0v) is 9.51. The Morgan fingerprint density at radius 3 is 2.50 bits per heavy atom. The van der Waals surface area contributed by atoms with Crippen molar-refractivity contribution in [2.24, 2.45) is 0 Å². The lowest BCUT2D eigenvalue weighted by atomic mass is 10.4. The molecular formula is C9H18ClNS. The first-order valence-electron chi connectivity index (χ1n) is 3.99. The first kappa shape index (κ1) is 14.7. The maximum atomic E-state index is 5.18. The van der Waals surface area contributed by atoms with E-state index >= 15 is 0 Å². The zero-order valence-electron chi connectivity index (χ0n) is 7.88. The molecule has 0 radical (unpaired) electrons. The van der Waals surface area contributed by atoms with Crippen molar-refractivity contribution in [3.8, 4) is 12.3 Å². The lowest BCUT2D eigenvalue weighted by molar-refractivity contribution is 0.314. The van der Waals surface area contributed by atoms with Gasteiger partial charge in [0.2, 0.25) is 0 Å². The first-order valence-corrected chi connectivity index (χ1v) is 5.39. The highest BCUT2D eigenvalue weighted by Crippen LogP contribution is 1.96. The van der Waals surface area contributed by atoms with Crippen LogP contribution in [0, 0.1) is 12.3 Å². The van der Waals surface area contributed by atoms with Gasteiger partial charge < -0.3 is 4.90 Å². The van der Waals surface area contributed by atoms with Gasteiger partial charge in [-0.05, 0) is 12.8 Å². The van der Waals surface area contributed by atoms with E-state index in [-0.39, 0.29) is 12.4 Å². The predicted molar refractivity (Wildman–Crippen MR) is 61.2 cm³/mol. The Kier molecular flexibility index (Phi) is 13.6. The van der Waals surface area contributed by atoms with Crippen LogP contribution in [0.1, 0.15) is 13.3 Å². The molecule has 3 heteroatoms. The molecule has 0 aromatic carbocycles. The molecule has 0 unspecified atom stereocenters. The number of hydrogen-bond donors (Lipinski definition) is 0. The fraction of sp³-hybridized carbons (Fsp3) is 0.778. The van der Waals surface area contributed by atoms with Crippen LogP contribution >= 0.6 is 24.2 Å². The van der Waals surface area contributed by atoms with Crippen molar-refractivity contribution in [2.75, 3.05) is 31.6 Å². The Hall–Kier alpha value is 0.160. The molecule has 0 heterocycles. The van der Waals surface area contributed by atoms with Crippen LogP contribution in [-0.2, 0) is 0 Å². The van der Waals surface area contributed by atoms with Crippen LogP contribution in [0.15, 0.2) is 0 Å². The zero-order chi connectivity index (χ0) is 8.53. The van der Waals surface area contributed by atoms with Crippen molar-refractivity contribution in [1.29, 1.82) is 0 Å². The molecule has 1 nitrogen and oxygen atoms in total. The molecule has 0 aromatic rings. The predicted octanol–water partition coefficient (Wildman–Crippen LogP) is 2.12. The summed E-state index contributed by atoms with van der Waals surface area (Å²) in [5.41, 5.74) is 0. The smallest absolute Gasteiger partial charge is 0.0214 e. The lowest BCUT2D eigenvalue weighted by Gasteiger charge is -2.17. The summed E-state index contributed by atoms with van der Waals surface area (Å²) < 4.78 is 0. The summed E-state index contributed by atoms with van der Waals surface area (Å²) in [6, 6.07) is 0. The van der Waals surface area contributed by atoms with Crippen molar-refractivity contribution in [2.45, 2.75) is 13.3 Å². The van der Waals surface area contributed by atoms with E-state index in [4.69, 9.17) is 6.42 Å². The standard InChI is InChI=1S/C9H17NS.ClH/c1-4-6-7-10(5-2)8-9-11-3;/h1H,5-9H2,2-3H3;1H. The van der Waals surface area contributed by atoms with Gasteiger partial charge in [-0.1, -0.05) is 6.92 Å². The van der Waals surface area contributed by atoms with E-state index in [1.54, 1.807) is 0 Å². The molecule has 12 heavy (non-hydrogen) atoms. The number of terminal acetylenes is 1. The first-order chi connectivity index (χ1) is 5.35. The molecule has 0 amide bonds. The van der Waals surface area contributed by atoms with E-state index in [1.165, 1.54) is 12.3 Å². The van der Waals surface area contributed by atoms with Gasteiger partial charge in [-0.25, -0.2) is 0 Å². The van der Waals surface area contributed by atoms with Crippen molar-refractivity contribution in [1.82, 2.24) is 4.90 Å². The Labute approximate surface area is 86.7 Å². The van der Waals surface area contributed by atoms with Crippen LogP contribution in [0.25, 0.3) is 0 Å². The van der Waals surface area contributed by atoms with Gasteiger partial charge in [-0.3, -0.25) is 0 Å². The summed E-state index contributed by atoms with van der Waals surface area (Å²) in [5.74, 6) is 3.87. The van der Waals surface area contributed by atoms with Crippen molar-refractivity contribution < 1.29 is 0 Å². The van der Waals surface area contributed by atoms with Crippen LogP contribution in [0.3, 0.4) is 0 Å². The minimum Gasteiger partial charge on any atom is -0.302 e. The SMILES string of the molecule is C#CCCN(CC)CCSC.Cl. The quantitative estimate of drug-likeness (QED) is 0.614. The Balaban J connectivity index is 0. The van der Waals surface area contributed by atoms with E-state index in [0.29, 0.717) is 0 Å². The summed E-state index contributed by atoms with van der Waals surface area (Å²) >= 11 is 1.89. The third-order valence-corrected chi connectivity index (χ3v) is 2.22. The second kappa shape index (κ2) is 11.2. The highest BCUT2D eigenvalue weighted by Gasteiger charge is 1.98. The lowest BCUT2D eigenvalue weighted by Crippen LogP contribution is -2.26. The van der Waals surface area contributed by atoms with Gasteiger partial charge in [-0.2, -0.15) is 11.8 Å². The Morgan fingerprint density at radius 2 is 2.08 bits per heavy atom. The van der Waals surface area contributed by atoms with Crippen molar-refractivity contribution in [3.63, 3.8) is 0 Å². The molecule has 0 rings (SSSR count). The fourth-order valence-electron chi connectivity index (χ4n) is 0.871. The summed E-state index contributed by atoms with van der Waals surface area (Å²) in [4.78, 5) is 2.39. The maximum absolute atomic E-state index is 5.18. The number of thioether (sulfide) groups is 1. The topological polar surface area (TPSA) is 3.24 Å². The van der Waals surface area contributed by atoms with E-state index in [1.807, 2.05) is 11.8 Å². The molecule has 0 fully saturated rings. The summed E-state index contributed by atoms with van der Waals surface area (Å²) in [6.07, 6.45) is 8.19. The molecular weight excluding hydrogens is 190 g/mol. The summed E-state index contributed by atoms with van der Waals surface area (Å²) in [6.45, 7) is 5.51. The number of hydrogen-bond acceptors (Lipinski definition) is 2. The molecule has 0 atom stereocenters. The largest absolute Gasteiger partial charge is 0.302 e. The molecule has 0 aliphatic carbocycles. The highest BCUT2D eigenvalue weighted by atomic mass is 35.5. The van der Waals surface area contributed by atoms with Crippen LogP contribution < -0.4 is 0 Å². The van der Waals surface area contributed by atoms with Gasteiger partial charge in [0.15, 0.2) is 0 Å². The van der Waals surface area contributed by atoms with Crippen LogP contribution in [0.5, 0.6) is 0 Å². The maximum Gasteiger partial charge on any atom is 0.0214 e. The molecule has 0 aliphatic rings. The average molecular weight is 208 g/mol. The van der Waals surface area contributed by atoms with Gasteiger partial charge in [0.25, 0.3) is 0 Å². The van der Waals surface area contributed by atoms with Crippen molar-refractivity contribution in [3.05, 3.63) is 0 Å². The van der Waals surface area contributed by atoms with E-state index in [2.05, 4.69) is 24.0 Å². The van der Waals surface area contributed by atoms with Gasteiger partial charge in [-0.15, -0.1) is 24.8 Å². The third kappa shape index (κ3) is 8.26. The normalized spacial score (nSPS) is 9.17. The van der Waals surface area contributed by atoms with Gasteiger partial charge in [0.05, 0.1) is 0 Å². The average Bonchev–Trinajstić information content (AvgIpc) is 2.05. The number of rotatable bonds is 6. The Bertz CT molecular complexity index is 122. The second-order valence-electron chi connectivity index (χ2n) is 2.38. The molecule has 0 saturated carbocycles. The molecule has 0 spiro atoms. The molecule has 0 N–H and O–H groups in total. The monoisotopic (exact) mass is 207 g/mol. The number of halogens is 1. The summed E-state index contributed by atoms with van der Waals surface area (Å²) in [7, 11) is 0. The number of nitrogens with zero attached hydrogens (tertiary/aromatic N) is 1. The van der Waals surface area contributed by atoms with Crippen LogP contribution in [0.2, 0.25) is 0 Å². The van der Waals surface area contributed by atoms with Gasteiger partial charge >= 0.3 is 0 Å². The summed E-state index contributed by atoms with van der Waals surface area (Å²) in [5, 5.41) is 0. The molecule has 72 valence electrons. The molecule has 0 aromatic heterocycles. The minimum atomic E-state index is 0. The van der Waals surface area contributed by atoms with Crippen LogP contribution in [-0.4, -0.2) is 36.5 Å². The Morgan fingerprint density at radius 1 is 1.42 bits per heavy atom. The molecule has 0 saturated heterocycles. The van der Waals surface area contributed by atoms with Gasteiger partial charge in [0.1, 0.15) is 0 Å². The highest BCUT2D eigenvalue weighted by molar-refractivity contribution is 7.98. The molecule has 0 bridgehead atoms. The van der Waals surface area contributed by atoms with Crippen LogP contribution in [0.4, 0.5) is 0 Å². The van der Waals surface area contributed by atoms with Gasteiger partial charge in [0, 0.05) is 25.3 Å². The van der Waals surface area contributed by atoms with E-state index < -0.39 is 0 Å². The third-order valence-electron chi connectivity index (χ3n) is 1.63. The minimum absolute atomic E-state index is 0.